The first-order valence-corrected chi connectivity index (χ1v) is 10.1. The topological polar surface area (TPSA) is 44.6 Å². The predicted molar refractivity (Wildman–Crippen MR) is 109 cm³/mol. The third-order valence-corrected chi connectivity index (χ3v) is 4.65. The second kappa shape index (κ2) is 10.3. The van der Waals surface area contributed by atoms with Crippen LogP contribution < -0.4 is 20.1 Å². The molecule has 1 aliphatic heterocycles. The summed E-state index contributed by atoms with van der Waals surface area (Å²) in [4.78, 5) is 0. The SMILES string of the molecule is CC(C)Oc1ccccc1OCCNCc1cccc(C2CCCC[N]2)c1. The van der Waals surface area contributed by atoms with Gasteiger partial charge in [0.25, 0.3) is 0 Å². The van der Waals surface area contributed by atoms with E-state index in [0.29, 0.717) is 12.6 Å². The first kappa shape index (κ1) is 19.7. The molecule has 2 aromatic carbocycles. The van der Waals surface area contributed by atoms with Crippen molar-refractivity contribution >= 4 is 0 Å². The molecule has 1 heterocycles. The number of ether oxygens (including phenoxy) is 2. The van der Waals surface area contributed by atoms with Crippen LogP contribution in [0.2, 0.25) is 0 Å². The van der Waals surface area contributed by atoms with E-state index in [9.17, 15) is 0 Å². The van der Waals surface area contributed by atoms with Gasteiger partial charge in [0.05, 0.1) is 6.10 Å². The largest absolute Gasteiger partial charge is 0.488 e. The van der Waals surface area contributed by atoms with Crippen LogP contribution >= 0.6 is 0 Å². The Morgan fingerprint density at radius 2 is 1.93 bits per heavy atom. The molecule has 4 heteroatoms. The van der Waals surface area contributed by atoms with E-state index in [1.165, 1.54) is 30.4 Å². The van der Waals surface area contributed by atoms with Gasteiger partial charge in [-0.05, 0) is 49.9 Å². The maximum Gasteiger partial charge on any atom is 0.161 e. The lowest BCUT2D eigenvalue weighted by molar-refractivity contribution is 0.221. The molecule has 1 radical (unpaired) electrons. The fourth-order valence-electron chi connectivity index (χ4n) is 3.36. The molecule has 0 aliphatic carbocycles. The number of hydrogen-bond donors (Lipinski definition) is 1. The van der Waals surface area contributed by atoms with Crippen LogP contribution in [0.5, 0.6) is 11.5 Å². The third kappa shape index (κ3) is 6.26. The Morgan fingerprint density at radius 3 is 2.70 bits per heavy atom. The highest BCUT2D eigenvalue weighted by Crippen LogP contribution is 2.27. The molecule has 1 atom stereocenters. The van der Waals surface area contributed by atoms with E-state index in [4.69, 9.17) is 14.8 Å². The van der Waals surface area contributed by atoms with Crippen molar-refractivity contribution in [2.75, 3.05) is 19.7 Å². The Labute approximate surface area is 163 Å². The molecule has 0 amide bonds. The number of rotatable bonds is 9. The van der Waals surface area contributed by atoms with Gasteiger partial charge >= 0.3 is 0 Å². The van der Waals surface area contributed by atoms with Gasteiger partial charge in [0.15, 0.2) is 11.5 Å². The standard InChI is InChI=1S/C23H31N2O2/c1-18(2)27-23-12-4-3-11-22(23)26-15-14-24-17-19-8-7-9-20(16-19)21-10-5-6-13-25-21/h3-4,7-9,11-12,16,18,21,24H,5-6,10,13-15,17H2,1-2H3. The summed E-state index contributed by atoms with van der Waals surface area (Å²) < 4.78 is 11.7. The van der Waals surface area contributed by atoms with Gasteiger partial charge in [0, 0.05) is 25.7 Å². The Kier molecular flexibility index (Phi) is 7.55. The van der Waals surface area contributed by atoms with Gasteiger partial charge in [0.2, 0.25) is 0 Å². The highest BCUT2D eigenvalue weighted by molar-refractivity contribution is 5.39. The van der Waals surface area contributed by atoms with Crippen molar-refractivity contribution in [3.63, 3.8) is 0 Å². The normalized spacial score (nSPS) is 17.1. The van der Waals surface area contributed by atoms with Gasteiger partial charge in [-0.3, -0.25) is 0 Å². The molecule has 0 aromatic heterocycles. The van der Waals surface area contributed by atoms with Crippen molar-refractivity contribution in [2.45, 2.75) is 51.8 Å². The number of benzene rings is 2. The zero-order valence-electron chi connectivity index (χ0n) is 16.5. The number of nitrogens with zero attached hydrogens (tertiary/aromatic N) is 1. The van der Waals surface area contributed by atoms with Crippen molar-refractivity contribution in [1.29, 1.82) is 0 Å². The molecule has 0 spiro atoms. The van der Waals surface area contributed by atoms with E-state index in [1.54, 1.807) is 0 Å². The first-order valence-electron chi connectivity index (χ1n) is 10.1. The van der Waals surface area contributed by atoms with Gasteiger partial charge in [-0.1, -0.05) is 42.8 Å². The predicted octanol–water partition coefficient (Wildman–Crippen LogP) is 4.47. The van der Waals surface area contributed by atoms with Crippen molar-refractivity contribution in [2.24, 2.45) is 0 Å². The van der Waals surface area contributed by atoms with Crippen LogP contribution in [0.3, 0.4) is 0 Å². The maximum atomic E-state index is 5.89. The molecule has 0 saturated carbocycles. The summed E-state index contributed by atoms with van der Waals surface area (Å²) in [6.45, 7) is 7.28. The monoisotopic (exact) mass is 367 g/mol. The molecule has 4 nitrogen and oxygen atoms in total. The van der Waals surface area contributed by atoms with Crippen molar-refractivity contribution in [1.82, 2.24) is 10.6 Å². The first-order chi connectivity index (χ1) is 13.2. The summed E-state index contributed by atoms with van der Waals surface area (Å²) in [6.07, 6.45) is 3.85. The van der Waals surface area contributed by atoms with Gasteiger partial charge in [-0.25, -0.2) is 5.32 Å². The number of para-hydroxylation sites is 2. The molecule has 1 N–H and O–H groups in total. The summed E-state index contributed by atoms with van der Waals surface area (Å²) in [5.41, 5.74) is 2.65. The fraction of sp³-hybridized carbons (Fsp3) is 0.478. The van der Waals surface area contributed by atoms with Gasteiger partial charge in [0.1, 0.15) is 6.61 Å². The van der Waals surface area contributed by atoms with Gasteiger partial charge in [-0.2, -0.15) is 0 Å². The molecule has 145 valence electrons. The lowest BCUT2D eigenvalue weighted by atomic mass is 9.96. The Hall–Kier alpha value is -2.04. The molecule has 1 fully saturated rings. The van der Waals surface area contributed by atoms with Crippen molar-refractivity contribution in [3.8, 4) is 11.5 Å². The molecule has 1 unspecified atom stereocenters. The zero-order valence-corrected chi connectivity index (χ0v) is 16.5. The maximum absolute atomic E-state index is 5.89. The van der Waals surface area contributed by atoms with Gasteiger partial charge < -0.3 is 14.8 Å². The molecule has 2 aromatic rings. The molecule has 0 bridgehead atoms. The van der Waals surface area contributed by atoms with Crippen LogP contribution in [0.1, 0.15) is 50.3 Å². The van der Waals surface area contributed by atoms with Crippen molar-refractivity contribution in [3.05, 3.63) is 59.7 Å². The third-order valence-electron chi connectivity index (χ3n) is 4.65. The van der Waals surface area contributed by atoms with Crippen LogP contribution in [0.25, 0.3) is 0 Å². The number of piperidine rings is 1. The lowest BCUT2D eigenvalue weighted by Crippen LogP contribution is -2.22. The summed E-state index contributed by atoms with van der Waals surface area (Å²) in [6, 6.07) is 17.0. The summed E-state index contributed by atoms with van der Waals surface area (Å²) in [7, 11) is 0. The van der Waals surface area contributed by atoms with E-state index in [-0.39, 0.29) is 6.10 Å². The zero-order chi connectivity index (χ0) is 18.9. The van der Waals surface area contributed by atoms with Crippen LogP contribution in [0.15, 0.2) is 48.5 Å². The second-order valence-electron chi connectivity index (χ2n) is 7.30. The Balaban J connectivity index is 1.43. The smallest absolute Gasteiger partial charge is 0.161 e. The minimum Gasteiger partial charge on any atom is -0.488 e. The molecule has 1 aliphatic rings. The highest BCUT2D eigenvalue weighted by atomic mass is 16.5. The quantitative estimate of drug-likeness (QED) is 0.665. The Bertz CT molecular complexity index is 696. The minimum absolute atomic E-state index is 0.135. The fourth-order valence-corrected chi connectivity index (χ4v) is 3.36. The molecule has 27 heavy (non-hydrogen) atoms. The molecule has 3 rings (SSSR count). The van der Waals surface area contributed by atoms with Crippen LogP contribution in [0.4, 0.5) is 0 Å². The summed E-state index contributed by atoms with van der Waals surface area (Å²) in [5.74, 6) is 1.60. The van der Waals surface area contributed by atoms with E-state index >= 15 is 0 Å². The average molecular weight is 368 g/mol. The summed E-state index contributed by atoms with van der Waals surface area (Å²) in [5, 5.41) is 8.23. The van der Waals surface area contributed by atoms with Crippen LogP contribution in [0, 0.1) is 0 Å². The average Bonchev–Trinajstić information content (AvgIpc) is 2.69. The molecular formula is C23H31N2O2. The second-order valence-corrected chi connectivity index (χ2v) is 7.30. The lowest BCUT2D eigenvalue weighted by Gasteiger charge is -2.22. The highest BCUT2D eigenvalue weighted by Gasteiger charge is 2.15. The minimum atomic E-state index is 0.135. The van der Waals surface area contributed by atoms with E-state index in [0.717, 1.165) is 31.1 Å². The van der Waals surface area contributed by atoms with E-state index in [2.05, 4.69) is 29.6 Å². The van der Waals surface area contributed by atoms with Crippen LogP contribution in [-0.4, -0.2) is 25.8 Å². The number of hydrogen-bond acceptors (Lipinski definition) is 3. The van der Waals surface area contributed by atoms with Crippen molar-refractivity contribution < 1.29 is 9.47 Å². The van der Waals surface area contributed by atoms with E-state index in [1.807, 2.05) is 38.1 Å². The number of nitrogens with one attached hydrogen (secondary N) is 1. The van der Waals surface area contributed by atoms with Gasteiger partial charge in [-0.15, -0.1) is 0 Å². The Morgan fingerprint density at radius 1 is 1.07 bits per heavy atom. The molecule has 1 saturated heterocycles. The van der Waals surface area contributed by atoms with E-state index < -0.39 is 0 Å². The molecular weight excluding hydrogens is 336 g/mol. The summed E-state index contributed by atoms with van der Waals surface area (Å²) >= 11 is 0. The van der Waals surface area contributed by atoms with Crippen LogP contribution in [-0.2, 0) is 6.54 Å².